The standard InChI is InChI=1S/C12H17N3O2.HI/c1-3-6-14-12(13)15-8-9-7-10(17-2)4-5-11(9)16;/h3-5,7,16H,1,6,8H2,2H3,(H3,13,14,15);1H. The van der Waals surface area contributed by atoms with Gasteiger partial charge in [-0.25, -0.2) is 4.99 Å². The topological polar surface area (TPSA) is 79.9 Å². The van der Waals surface area contributed by atoms with Crippen LogP contribution in [0.3, 0.4) is 0 Å². The van der Waals surface area contributed by atoms with Gasteiger partial charge in [-0.2, -0.15) is 0 Å². The van der Waals surface area contributed by atoms with E-state index in [0.717, 1.165) is 0 Å². The van der Waals surface area contributed by atoms with Crippen LogP contribution < -0.4 is 15.8 Å². The summed E-state index contributed by atoms with van der Waals surface area (Å²) in [6.07, 6.45) is 1.69. The Labute approximate surface area is 124 Å². The fourth-order valence-electron chi connectivity index (χ4n) is 1.22. The molecule has 0 aliphatic heterocycles. The molecule has 0 bridgehead atoms. The Balaban J connectivity index is 0.00000289. The van der Waals surface area contributed by atoms with Crippen molar-refractivity contribution in [1.82, 2.24) is 5.32 Å². The minimum atomic E-state index is 0. The second-order valence-corrected chi connectivity index (χ2v) is 3.37. The van der Waals surface area contributed by atoms with E-state index in [1.807, 2.05) is 0 Å². The van der Waals surface area contributed by atoms with Crippen molar-refractivity contribution in [2.24, 2.45) is 10.7 Å². The van der Waals surface area contributed by atoms with Crippen LogP contribution in [0.25, 0.3) is 0 Å². The van der Waals surface area contributed by atoms with Gasteiger partial charge in [0.25, 0.3) is 0 Å². The van der Waals surface area contributed by atoms with E-state index in [2.05, 4.69) is 16.9 Å². The molecule has 0 saturated carbocycles. The quantitative estimate of drug-likeness (QED) is 0.321. The number of aliphatic imine (C=N–C) groups is 1. The van der Waals surface area contributed by atoms with Crippen molar-refractivity contribution in [3.63, 3.8) is 0 Å². The zero-order chi connectivity index (χ0) is 12.7. The van der Waals surface area contributed by atoms with Gasteiger partial charge in [0.2, 0.25) is 0 Å². The van der Waals surface area contributed by atoms with E-state index in [9.17, 15) is 5.11 Å². The molecule has 0 fully saturated rings. The maximum Gasteiger partial charge on any atom is 0.189 e. The number of halogens is 1. The van der Waals surface area contributed by atoms with Gasteiger partial charge in [0.05, 0.1) is 13.7 Å². The highest BCUT2D eigenvalue weighted by molar-refractivity contribution is 14.0. The van der Waals surface area contributed by atoms with Crippen LogP contribution in [0.15, 0.2) is 35.8 Å². The lowest BCUT2D eigenvalue weighted by Gasteiger charge is -2.06. The summed E-state index contributed by atoms with van der Waals surface area (Å²) in [5.41, 5.74) is 6.27. The largest absolute Gasteiger partial charge is 0.508 e. The molecule has 0 unspecified atom stereocenters. The number of phenols is 1. The predicted molar refractivity (Wildman–Crippen MR) is 83.6 cm³/mol. The minimum absolute atomic E-state index is 0. The molecule has 6 heteroatoms. The molecule has 0 radical (unpaired) electrons. The molecule has 18 heavy (non-hydrogen) atoms. The summed E-state index contributed by atoms with van der Waals surface area (Å²) in [5.74, 6) is 1.16. The van der Waals surface area contributed by atoms with Crippen molar-refractivity contribution in [3.8, 4) is 11.5 Å². The molecule has 0 spiro atoms. The number of hydrogen-bond acceptors (Lipinski definition) is 3. The van der Waals surface area contributed by atoms with Gasteiger partial charge in [-0.1, -0.05) is 6.08 Å². The number of hydrogen-bond donors (Lipinski definition) is 3. The van der Waals surface area contributed by atoms with Crippen molar-refractivity contribution < 1.29 is 9.84 Å². The Morgan fingerprint density at radius 3 is 2.94 bits per heavy atom. The normalized spacial score (nSPS) is 10.4. The summed E-state index contributed by atoms with van der Waals surface area (Å²) in [4.78, 5) is 4.09. The lowest BCUT2D eigenvalue weighted by molar-refractivity contribution is 0.411. The van der Waals surface area contributed by atoms with E-state index in [-0.39, 0.29) is 29.7 Å². The highest BCUT2D eigenvalue weighted by atomic mass is 127. The van der Waals surface area contributed by atoms with Crippen LogP contribution in [0.5, 0.6) is 11.5 Å². The second-order valence-electron chi connectivity index (χ2n) is 3.37. The van der Waals surface area contributed by atoms with Gasteiger partial charge < -0.3 is 20.9 Å². The van der Waals surface area contributed by atoms with Crippen LogP contribution >= 0.6 is 24.0 Å². The average Bonchev–Trinajstić information content (AvgIpc) is 2.35. The maximum absolute atomic E-state index is 9.62. The summed E-state index contributed by atoms with van der Waals surface area (Å²) in [5, 5.41) is 12.5. The number of ether oxygens (including phenoxy) is 1. The Hall–Kier alpha value is -1.44. The maximum atomic E-state index is 9.62. The monoisotopic (exact) mass is 363 g/mol. The molecule has 0 heterocycles. The summed E-state index contributed by atoms with van der Waals surface area (Å²) in [6.45, 7) is 4.40. The fourth-order valence-corrected chi connectivity index (χ4v) is 1.22. The van der Waals surface area contributed by atoms with Gasteiger partial charge in [0, 0.05) is 12.1 Å². The number of phenolic OH excluding ortho intramolecular Hbond substituents is 1. The van der Waals surface area contributed by atoms with E-state index >= 15 is 0 Å². The molecule has 0 aliphatic rings. The number of methoxy groups -OCH3 is 1. The highest BCUT2D eigenvalue weighted by Gasteiger charge is 2.02. The molecule has 1 aromatic rings. The van der Waals surface area contributed by atoms with Gasteiger partial charge >= 0.3 is 0 Å². The molecular formula is C12H18IN3O2. The van der Waals surface area contributed by atoms with Gasteiger partial charge in [0.1, 0.15) is 11.5 Å². The molecule has 0 saturated heterocycles. The highest BCUT2D eigenvalue weighted by Crippen LogP contribution is 2.23. The first-order valence-corrected chi connectivity index (χ1v) is 5.18. The van der Waals surface area contributed by atoms with E-state index in [4.69, 9.17) is 10.5 Å². The van der Waals surface area contributed by atoms with Crippen LogP contribution in [0, 0.1) is 0 Å². The van der Waals surface area contributed by atoms with Crippen molar-refractivity contribution >= 4 is 29.9 Å². The van der Waals surface area contributed by atoms with E-state index in [1.54, 1.807) is 31.4 Å². The molecule has 0 aliphatic carbocycles. The zero-order valence-corrected chi connectivity index (χ0v) is 12.5. The summed E-state index contributed by atoms with van der Waals surface area (Å²) >= 11 is 0. The number of nitrogens with zero attached hydrogens (tertiary/aromatic N) is 1. The van der Waals surface area contributed by atoms with Gasteiger partial charge in [-0.05, 0) is 18.2 Å². The van der Waals surface area contributed by atoms with Gasteiger partial charge in [-0.3, -0.25) is 0 Å². The van der Waals surface area contributed by atoms with E-state index < -0.39 is 0 Å². The first-order chi connectivity index (χ1) is 8.17. The van der Waals surface area contributed by atoms with E-state index in [0.29, 0.717) is 30.4 Å². The van der Waals surface area contributed by atoms with E-state index in [1.165, 1.54) is 0 Å². The van der Waals surface area contributed by atoms with Crippen molar-refractivity contribution in [2.45, 2.75) is 6.54 Å². The van der Waals surface area contributed by atoms with Crippen molar-refractivity contribution in [1.29, 1.82) is 0 Å². The molecule has 0 aromatic heterocycles. The Bertz CT molecular complexity index is 422. The SMILES string of the molecule is C=CCNC(N)=NCc1cc(OC)ccc1O.I. The smallest absolute Gasteiger partial charge is 0.189 e. The van der Waals surface area contributed by atoms with Crippen LogP contribution in [0.4, 0.5) is 0 Å². The third-order valence-corrected chi connectivity index (χ3v) is 2.13. The van der Waals surface area contributed by atoms with Crippen molar-refractivity contribution in [2.75, 3.05) is 13.7 Å². The van der Waals surface area contributed by atoms with Crippen LogP contribution in [-0.2, 0) is 6.54 Å². The molecule has 5 nitrogen and oxygen atoms in total. The van der Waals surface area contributed by atoms with Crippen molar-refractivity contribution in [3.05, 3.63) is 36.4 Å². The number of nitrogens with two attached hydrogens (primary N) is 1. The lowest BCUT2D eigenvalue weighted by Crippen LogP contribution is -2.31. The predicted octanol–water partition coefficient (Wildman–Crippen LogP) is 1.61. The third kappa shape index (κ3) is 5.26. The average molecular weight is 363 g/mol. The first-order valence-electron chi connectivity index (χ1n) is 5.18. The minimum Gasteiger partial charge on any atom is -0.508 e. The first kappa shape index (κ1) is 16.6. The molecular weight excluding hydrogens is 345 g/mol. The third-order valence-electron chi connectivity index (χ3n) is 2.13. The number of benzene rings is 1. The molecule has 1 aromatic carbocycles. The molecule has 0 atom stereocenters. The van der Waals surface area contributed by atoms with Crippen LogP contribution in [0.2, 0.25) is 0 Å². The number of aromatic hydroxyl groups is 1. The zero-order valence-electron chi connectivity index (χ0n) is 10.2. The van der Waals surface area contributed by atoms with Gasteiger partial charge in [0.15, 0.2) is 5.96 Å². The molecule has 4 N–H and O–H groups in total. The molecule has 1 rings (SSSR count). The van der Waals surface area contributed by atoms with Crippen LogP contribution in [-0.4, -0.2) is 24.7 Å². The fraction of sp³-hybridized carbons (Fsp3) is 0.250. The molecule has 100 valence electrons. The lowest BCUT2D eigenvalue weighted by atomic mass is 10.2. The summed E-state index contributed by atoms with van der Waals surface area (Å²) in [7, 11) is 1.57. The second kappa shape index (κ2) is 8.62. The summed E-state index contributed by atoms with van der Waals surface area (Å²) < 4.78 is 5.06. The number of guanidine groups is 1. The Kier molecular flexibility index (Phi) is 7.93. The Morgan fingerprint density at radius 2 is 2.33 bits per heavy atom. The summed E-state index contributed by atoms with van der Waals surface area (Å²) in [6, 6.07) is 4.97. The number of nitrogens with one attached hydrogen (secondary N) is 1. The van der Waals surface area contributed by atoms with Gasteiger partial charge in [-0.15, -0.1) is 30.6 Å². The number of rotatable bonds is 5. The Morgan fingerprint density at radius 1 is 1.61 bits per heavy atom. The van der Waals surface area contributed by atoms with Crippen LogP contribution in [0.1, 0.15) is 5.56 Å². The molecule has 0 amide bonds.